The molecule has 2 aromatic heterocycles. The van der Waals surface area contributed by atoms with Gasteiger partial charge in [-0.15, -0.1) is 0 Å². The number of amides is 2. The number of hydrogen-bond acceptors (Lipinski definition) is 6. The lowest BCUT2D eigenvalue weighted by Gasteiger charge is -2.17. The zero-order valence-corrected chi connectivity index (χ0v) is 21.0. The SMILES string of the molecule is COc1cc2nccc(Oc3ccc(NC(=O)Nc4cc(C(C)(C)C)n(C)n4)cc3F)c2cc1OC. The number of ether oxygens (including phenoxy) is 3. The summed E-state index contributed by atoms with van der Waals surface area (Å²) in [6.07, 6.45) is 1.56. The van der Waals surface area contributed by atoms with E-state index in [9.17, 15) is 9.18 Å². The molecular weight excluding hydrogens is 465 g/mol. The molecule has 0 atom stereocenters. The molecule has 10 heteroatoms. The standard InChI is InChI=1S/C26H28FN5O4/c1-26(2,3)23-14-24(31-32(23)4)30-25(33)29-15-7-8-20(17(27)11-15)36-19-9-10-28-18-13-22(35-6)21(34-5)12-16(18)19/h7-14H,1-6H3,(H2,29,30,31,33). The summed E-state index contributed by atoms with van der Waals surface area (Å²) in [7, 11) is 4.88. The Morgan fingerprint density at radius 2 is 1.67 bits per heavy atom. The van der Waals surface area contributed by atoms with E-state index >= 15 is 0 Å². The predicted molar refractivity (Wildman–Crippen MR) is 136 cm³/mol. The average molecular weight is 494 g/mol. The molecular formula is C26H28FN5O4. The summed E-state index contributed by atoms with van der Waals surface area (Å²) in [6.45, 7) is 6.17. The molecule has 0 aliphatic carbocycles. The number of urea groups is 1. The molecule has 2 heterocycles. The number of benzene rings is 2. The van der Waals surface area contributed by atoms with Crippen LogP contribution in [0.5, 0.6) is 23.0 Å². The molecule has 0 bridgehead atoms. The summed E-state index contributed by atoms with van der Waals surface area (Å²) in [4.78, 5) is 16.8. The third kappa shape index (κ3) is 5.17. The number of nitrogens with one attached hydrogen (secondary N) is 2. The normalized spacial score (nSPS) is 11.3. The molecule has 0 saturated carbocycles. The van der Waals surface area contributed by atoms with Crippen LogP contribution in [-0.2, 0) is 12.5 Å². The van der Waals surface area contributed by atoms with E-state index in [1.807, 2.05) is 7.05 Å². The van der Waals surface area contributed by atoms with Gasteiger partial charge in [0.25, 0.3) is 0 Å². The lowest BCUT2D eigenvalue weighted by atomic mass is 9.92. The van der Waals surface area contributed by atoms with Crippen molar-refractivity contribution in [2.24, 2.45) is 7.05 Å². The zero-order valence-electron chi connectivity index (χ0n) is 21.0. The minimum absolute atomic E-state index is 0.0113. The fraction of sp³-hybridized carbons (Fsp3) is 0.269. The zero-order chi connectivity index (χ0) is 26.0. The number of carbonyl (C=O) groups excluding carboxylic acids is 1. The van der Waals surface area contributed by atoms with Crippen molar-refractivity contribution in [1.29, 1.82) is 0 Å². The number of carbonyl (C=O) groups is 1. The topological polar surface area (TPSA) is 99.5 Å². The number of methoxy groups -OCH3 is 2. The van der Waals surface area contributed by atoms with Gasteiger partial charge in [0, 0.05) is 53.6 Å². The molecule has 0 saturated heterocycles. The van der Waals surface area contributed by atoms with Gasteiger partial charge in [0.05, 0.1) is 19.7 Å². The smallest absolute Gasteiger partial charge is 0.324 e. The summed E-state index contributed by atoms with van der Waals surface area (Å²) in [5, 5.41) is 10.2. The first-order valence-corrected chi connectivity index (χ1v) is 11.2. The van der Waals surface area contributed by atoms with E-state index in [0.29, 0.717) is 34.0 Å². The van der Waals surface area contributed by atoms with E-state index in [1.54, 1.807) is 41.2 Å². The van der Waals surface area contributed by atoms with E-state index in [2.05, 4.69) is 41.5 Å². The minimum Gasteiger partial charge on any atom is -0.493 e. The number of nitrogens with zero attached hydrogens (tertiary/aromatic N) is 3. The van der Waals surface area contributed by atoms with Crippen LogP contribution in [0.2, 0.25) is 0 Å². The Morgan fingerprint density at radius 3 is 2.31 bits per heavy atom. The Morgan fingerprint density at radius 1 is 0.944 bits per heavy atom. The lowest BCUT2D eigenvalue weighted by molar-refractivity contribution is 0.262. The quantitative estimate of drug-likeness (QED) is 0.349. The van der Waals surface area contributed by atoms with Gasteiger partial charge in [-0.3, -0.25) is 15.0 Å². The molecule has 0 radical (unpaired) electrons. The maximum absolute atomic E-state index is 14.9. The van der Waals surface area contributed by atoms with Crippen molar-refractivity contribution in [2.45, 2.75) is 26.2 Å². The van der Waals surface area contributed by atoms with Crippen LogP contribution in [0.4, 0.5) is 20.7 Å². The number of fused-ring (bicyclic) bond motifs is 1. The first kappa shape index (κ1) is 24.8. The summed E-state index contributed by atoms with van der Waals surface area (Å²) < 4.78 is 33.1. The van der Waals surface area contributed by atoms with Crippen LogP contribution in [0.1, 0.15) is 26.5 Å². The highest BCUT2D eigenvalue weighted by atomic mass is 19.1. The molecule has 4 aromatic rings. The number of hydrogen-bond donors (Lipinski definition) is 2. The second-order valence-corrected chi connectivity index (χ2v) is 9.15. The van der Waals surface area contributed by atoms with Crippen molar-refractivity contribution in [3.05, 3.63) is 60.2 Å². The van der Waals surface area contributed by atoms with Gasteiger partial charge in [-0.05, 0) is 24.3 Å². The molecule has 2 N–H and O–H groups in total. The molecule has 36 heavy (non-hydrogen) atoms. The van der Waals surface area contributed by atoms with Crippen molar-refractivity contribution >= 4 is 28.4 Å². The van der Waals surface area contributed by atoms with Crippen LogP contribution in [-0.4, -0.2) is 35.0 Å². The second kappa shape index (κ2) is 9.73. The first-order chi connectivity index (χ1) is 17.1. The van der Waals surface area contributed by atoms with Crippen molar-refractivity contribution in [3.63, 3.8) is 0 Å². The predicted octanol–water partition coefficient (Wildman–Crippen LogP) is 5.86. The Bertz CT molecular complexity index is 1430. The third-order valence-electron chi connectivity index (χ3n) is 5.51. The fourth-order valence-electron chi connectivity index (χ4n) is 3.83. The van der Waals surface area contributed by atoms with Crippen LogP contribution in [0, 0.1) is 5.82 Å². The van der Waals surface area contributed by atoms with E-state index in [-0.39, 0.29) is 16.9 Å². The Balaban J connectivity index is 1.50. The maximum atomic E-state index is 14.9. The van der Waals surface area contributed by atoms with E-state index in [4.69, 9.17) is 14.2 Å². The summed E-state index contributed by atoms with van der Waals surface area (Å²) in [6, 6.07) is 10.5. The molecule has 188 valence electrons. The van der Waals surface area contributed by atoms with Crippen LogP contribution in [0.25, 0.3) is 10.9 Å². The molecule has 0 fully saturated rings. The van der Waals surface area contributed by atoms with Crippen LogP contribution in [0.15, 0.2) is 48.7 Å². The van der Waals surface area contributed by atoms with Gasteiger partial charge in [0.2, 0.25) is 0 Å². The Kier molecular flexibility index (Phi) is 6.69. The molecule has 4 rings (SSSR count). The maximum Gasteiger partial charge on any atom is 0.324 e. The second-order valence-electron chi connectivity index (χ2n) is 9.15. The van der Waals surface area contributed by atoms with Crippen LogP contribution in [0.3, 0.4) is 0 Å². The molecule has 2 aromatic carbocycles. The summed E-state index contributed by atoms with van der Waals surface area (Å²) >= 11 is 0. The van der Waals surface area contributed by atoms with Crippen LogP contribution >= 0.6 is 0 Å². The van der Waals surface area contributed by atoms with E-state index in [0.717, 1.165) is 5.69 Å². The van der Waals surface area contributed by atoms with Gasteiger partial charge in [-0.1, -0.05) is 20.8 Å². The highest BCUT2D eigenvalue weighted by Crippen LogP contribution is 2.37. The summed E-state index contributed by atoms with van der Waals surface area (Å²) in [5.74, 6) is 1.15. The van der Waals surface area contributed by atoms with Gasteiger partial charge in [-0.2, -0.15) is 5.10 Å². The van der Waals surface area contributed by atoms with Gasteiger partial charge >= 0.3 is 6.03 Å². The van der Waals surface area contributed by atoms with Gasteiger partial charge < -0.3 is 19.5 Å². The minimum atomic E-state index is -0.647. The molecule has 0 spiro atoms. The first-order valence-electron chi connectivity index (χ1n) is 11.2. The van der Waals surface area contributed by atoms with Crippen LogP contribution < -0.4 is 24.8 Å². The Labute approximate surface area is 208 Å². The molecule has 2 amide bonds. The van der Waals surface area contributed by atoms with Gasteiger partial charge in [0.15, 0.2) is 28.9 Å². The lowest BCUT2D eigenvalue weighted by Crippen LogP contribution is -2.19. The van der Waals surface area contributed by atoms with Gasteiger partial charge in [0.1, 0.15) is 5.75 Å². The Hall–Kier alpha value is -4.34. The van der Waals surface area contributed by atoms with E-state index < -0.39 is 11.8 Å². The number of pyridine rings is 1. The largest absolute Gasteiger partial charge is 0.493 e. The fourth-order valence-corrected chi connectivity index (χ4v) is 3.83. The monoisotopic (exact) mass is 493 g/mol. The van der Waals surface area contributed by atoms with E-state index in [1.165, 1.54) is 26.4 Å². The van der Waals surface area contributed by atoms with Crippen molar-refractivity contribution in [3.8, 4) is 23.0 Å². The average Bonchev–Trinajstić information content (AvgIpc) is 3.20. The van der Waals surface area contributed by atoms with Gasteiger partial charge in [-0.25, -0.2) is 9.18 Å². The number of aromatic nitrogens is 3. The molecule has 0 unspecified atom stereocenters. The number of aryl methyl sites for hydroxylation is 1. The highest BCUT2D eigenvalue weighted by Gasteiger charge is 2.20. The molecule has 0 aliphatic rings. The molecule has 9 nitrogen and oxygen atoms in total. The van der Waals surface area contributed by atoms with Crippen molar-refractivity contribution < 1.29 is 23.4 Å². The number of anilines is 2. The highest BCUT2D eigenvalue weighted by molar-refractivity contribution is 5.99. The van der Waals surface area contributed by atoms with Crippen molar-refractivity contribution in [1.82, 2.24) is 14.8 Å². The third-order valence-corrected chi connectivity index (χ3v) is 5.51. The number of halogens is 1. The van der Waals surface area contributed by atoms with Crippen molar-refractivity contribution in [2.75, 3.05) is 24.9 Å². The molecule has 0 aliphatic heterocycles. The number of rotatable bonds is 6. The summed E-state index contributed by atoms with van der Waals surface area (Å²) in [5.41, 5.74) is 1.69.